The van der Waals surface area contributed by atoms with E-state index in [2.05, 4.69) is 40.7 Å². The second kappa shape index (κ2) is 20.5. The quantitative estimate of drug-likeness (QED) is 0.0894. The Morgan fingerprint density at radius 1 is 0.554 bits per heavy atom. The van der Waals surface area contributed by atoms with Crippen LogP contribution in [0.25, 0.3) is 56.2 Å². The van der Waals surface area contributed by atoms with E-state index in [-0.39, 0.29) is 22.6 Å². The van der Waals surface area contributed by atoms with Gasteiger partial charge in [-0.1, -0.05) is 48.5 Å². The minimum atomic E-state index is 0.135. The SMILES string of the molecule is Cc1cc(/C=C/C#N)cc(C)c1-c1cccc2c(N)nc(Cl)nc12.Cc1cc(/C=C/C#N)cc(C)c1-c1cccc2c(N)nc(Nc3ccc(C#N)nn3)nc12.N#Cc1ccc(N)nn1. The molecule has 8 aromatic rings. The Hall–Kier alpha value is -9.35. The molecule has 0 bridgehead atoms. The maximum atomic E-state index is 8.88. The summed E-state index contributed by atoms with van der Waals surface area (Å²) in [6.45, 7) is 8.13. The summed E-state index contributed by atoms with van der Waals surface area (Å²) < 4.78 is 0. The normalized spacial score (nSPS) is 10.5. The van der Waals surface area contributed by atoms with E-state index in [0.717, 1.165) is 71.9 Å². The van der Waals surface area contributed by atoms with Crippen LogP contribution in [-0.2, 0) is 0 Å². The lowest BCUT2D eigenvalue weighted by molar-refractivity contribution is 1.01. The number of anilines is 5. The Balaban J connectivity index is 0.000000186. The van der Waals surface area contributed by atoms with Gasteiger partial charge in [-0.25, -0.2) is 15.0 Å². The zero-order chi connectivity index (χ0) is 46.6. The molecule has 0 aliphatic carbocycles. The monoisotopic (exact) mass is 872 g/mol. The number of allylic oxidation sites excluding steroid dienone is 2. The van der Waals surface area contributed by atoms with Gasteiger partial charge < -0.3 is 22.5 Å². The number of benzene rings is 4. The molecule has 7 N–H and O–H groups in total. The van der Waals surface area contributed by atoms with Crippen molar-refractivity contribution in [2.45, 2.75) is 27.7 Å². The van der Waals surface area contributed by atoms with Crippen LogP contribution in [0.5, 0.6) is 0 Å². The Bertz CT molecular complexity index is 3270. The van der Waals surface area contributed by atoms with E-state index >= 15 is 0 Å². The molecule has 0 spiro atoms. The zero-order valence-corrected chi connectivity index (χ0v) is 36.1. The number of nitrogens with two attached hydrogens (primary N) is 3. The molecule has 17 heteroatoms. The van der Waals surface area contributed by atoms with E-state index in [0.29, 0.717) is 28.8 Å². The van der Waals surface area contributed by atoms with Gasteiger partial charge in [0.05, 0.1) is 23.2 Å². The van der Waals surface area contributed by atoms with Gasteiger partial charge in [0.2, 0.25) is 11.2 Å². The Kier molecular flexibility index (Phi) is 14.2. The summed E-state index contributed by atoms with van der Waals surface area (Å²) >= 11 is 6.00. The maximum Gasteiger partial charge on any atom is 0.230 e. The number of nitrogens with one attached hydrogen (secondary N) is 1. The summed E-state index contributed by atoms with van der Waals surface area (Å²) in [5, 5.41) is 54.0. The van der Waals surface area contributed by atoms with Crippen molar-refractivity contribution in [3.63, 3.8) is 0 Å². The molecule has 65 heavy (non-hydrogen) atoms. The van der Waals surface area contributed by atoms with Gasteiger partial charge in [0, 0.05) is 34.1 Å². The number of para-hydroxylation sites is 2. The van der Waals surface area contributed by atoms with Gasteiger partial charge >= 0.3 is 0 Å². The molecule has 0 aliphatic heterocycles. The molecule has 4 aromatic heterocycles. The molecule has 316 valence electrons. The Morgan fingerprint density at radius 2 is 1.03 bits per heavy atom. The molecule has 0 atom stereocenters. The van der Waals surface area contributed by atoms with Crippen LogP contribution in [0.1, 0.15) is 44.8 Å². The molecule has 16 nitrogen and oxygen atoms in total. The molecule has 0 amide bonds. The molecular weight excluding hydrogens is 836 g/mol. The fourth-order valence-corrected chi connectivity index (χ4v) is 7.24. The number of aromatic nitrogens is 8. The van der Waals surface area contributed by atoms with Crippen molar-refractivity contribution >= 4 is 74.8 Å². The van der Waals surface area contributed by atoms with Crippen LogP contribution in [0.2, 0.25) is 5.28 Å². The molecule has 4 heterocycles. The van der Waals surface area contributed by atoms with Crippen molar-refractivity contribution in [2.24, 2.45) is 0 Å². The van der Waals surface area contributed by atoms with E-state index in [9.17, 15) is 0 Å². The summed E-state index contributed by atoms with van der Waals surface area (Å²) in [4.78, 5) is 17.5. The van der Waals surface area contributed by atoms with Gasteiger partial charge in [-0.15, -0.1) is 20.4 Å². The first-order chi connectivity index (χ1) is 31.3. The van der Waals surface area contributed by atoms with Crippen LogP contribution >= 0.6 is 11.6 Å². The van der Waals surface area contributed by atoms with E-state index in [1.807, 2.05) is 113 Å². The number of nitrogens with zero attached hydrogens (tertiary/aromatic N) is 12. The first-order valence-electron chi connectivity index (χ1n) is 19.5. The highest BCUT2D eigenvalue weighted by Crippen LogP contribution is 2.37. The zero-order valence-electron chi connectivity index (χ0n) is 35.4. The Labute approximate surface area is 378 Å². The van der Waals surface area contributed by atoms with Crippen molar-refractivity contribution in [1.82, 2.24) is 40.3 Å². The average Bonchev–Trinajstić information content (AvgIpc) is 3.28. The van der Waals surface area contributed by atoms with Crippen LogP contribution in [0.4, 0.5) is 29.2 Å². The number of hydrogen-bond acceptors (Lipinski definition) is 16. The van der Waals surface area contributed by atoms with E-state index in [4.69, 9.17) is 54.8 Å². The summed E-state index contributed by atoms with van der Waals surface area (Å²) in [5.74, 6) is 1.72. The molecular formula is C48H37ClN16. The molecule has 0 fully saturated rings. The van der Waals surface area contributed by atoms with Crippen LogP contribution in [0.15, 0.2) is 97.1 Å². The molecule has 0 saturated heterocycles. The first-order valence-corrected chi connectivity index (χ1v) is 19.9. The summed E-state index contributed by atoms with van der Waals surface area (Å²) in [6.07, 6.45) is 6.51. The number of fused-ring (bicyclic) bond motifs is 2. The Morgan fingerprint density at radius 3 is 1.48 bits per heavy atom. The number of rotatable bonds is 6. The van der Waals surface area contributed by atoms with E-state index in [1.165, 1.54) is 24.3 Å². The van der Waals surface area contributed by atoms with Gasteiger partial charge in [0.15, 0.2) is 17.2 Å². The number of nitrogen functional groups attached to an aromatic ring is 3. The summed E-state index contributed by atoms with van der Waals surface area (Å²) in [6, 6.07) is 33.8. The summed E-state index contributed by atoms with van der Waals surface area (Å²) in [5.41, 5.74) is 29.6. The van der Waals surface area contributed by atoms with Crippen molar-refractivity contribution in [1.29, 1.82) is 21.0 Å². The number of halogens is 1. The second-order valence-electron chi connectivity index (χ2n) is 14.2. The fourth-order valence-electron chi connectivity index (χ4n) is 7.06. The van der Waals surface area contributed by atoms with Crippen molar-refractivity contribution in [3.8, 4) is 46.5 Å². The third-order valence-corrected chi connectivity index (χ3v) is 9.82. The van der Waals surface area contributed by atoms with Crippen molar-refractivity contribution in [3.05, 3.63) is 147 Å². The standard InChI is InChI=1S/C24H18N8.C19H15ClN4.C5H4N4/c1-14-11-16(5-4-10-25)12-15(2)21(14)18-6-3-7-19-22(18)29-24(30-23(19)27)28-20-9-8-17(13-26)31-32-20;1-11-9-13(5-4-8-21)10-12(2)16(11)14-6-3-7-15-17(14)23-19(20)24-18(15)22;6-3-4-1-2-5(7)9-8-4/h3-9,11-12H,1-2H3,(H3,27,28,29,30,32);3-7,9-10H,1-2H3,(H2,22,23,24);1-2H,(H2,7,9)/b2*5-4+;. The highest BCUT2D eigenvalue weighted by molar-refractivity contribution is 6.29. The van der Waals surface area contributed by atoms with Crippen LogP contribution < -0.4 is 22.5 Å². The van der Waals surface area contributed by atoms with E-state index < -0.39 is 0 Å². The maximum absolute atomic E-state index is 8.88. The molecule has 0 unspecified atom stereocenters. The van der Waals surface area contributed by atoms with Gasteiger partial charge in [-0.2, -0.15) is 26.0 Å². The predicted octanol–water partition coefficient (Wildman–Crippen LogP) is 9.05. The lowest BCUT2D eigenvalue weighted by Gasteiger charge is -2.15. The largest absolute Gasteiger partial charge is 0.383 e. The third kappa shape index (κ3) is 10.8. The van der Waals surface area contributed by atoms with Crippen LogP contribution in [0.3, 0.4) is 0 Å². The topological polar surface area (TPSA) is 288 Å². The fraction of sp³-hybridized carbons (Fsp3) is 0.0833. The molecule has 4 aromatic carbocycles. The minimum absolute atomic E-state index is 0.135. The van der Waals surface area contributed by atoms with Crippen molar-refractivity contribution < 1.29 is 0 Å². The first kappa shape index (κ1) is 45.2. The number of hydrogen-bond donors (Lipinski definition) is 4. The van der Waals surface area contributed by atoms with Crippen LogP contribution in [0, 0.1) is 73.0 Å². The molecule has 8 rings (SSSR count). The van der Waals surface area contributed by atoms with Crippen molar-refractivity contribution in [2.75, 3.05) is 22.5 Å². The minimum Gasteiger partial charge on any atom is -0.383 e. The van der Waals surface area contributed by atoms with Gasteiger partial charge in [-0.3, -0.25) is 0 Å². The highest BCUT2D eigenvalue weighted by Gasteiger charge is 2.16. The molecule has 0 radical (unpaired) electrons. The van der Waals surface area contributed by atoms with Gasteiger partial charge in [0.25, 0.3) is 0 Å². The third-order valence-electron chi connectivity index (χ3n) is 9.65. The number of nitriles is 4. The number of aryl methyl sites for hydroxylation is 4. The highest BCUT2D eigenvalue weighted by atomic mass is 35.5. The smallest absolute Gasteiger partial charge is 0.230 e. The van der Waals surface area contributed by atoms with Crippen LogP contribution in [-0.4, -0.2) is 40.3 Å². The predicted molar refractivity (Wildman–Crippen MR) is 253 cm³/mol. The van der Waals surface area contributed by atoms with E-state index in [1.54, 1.807) is 24.3 Å². The lowest BCUT2D eigenvalue weighted by Crippen LogP contribution is -2.04. The molecule has 0 saturated carbocycles. The lowest BCUT2D eigenvalue weighted by atomic mass is 9.92. The van der Waals surface area contributed by atoms with Gasteiger partial charge in [-0.05, 0) is 132 Å². The second-order valence-corrected chi connectivity index (χ2v) is 14.5. The average molecular weight is 873 g/mol. The molecule has 0 aliphatic rings. The van der Waals surface area contributed by atoms with Gasteiger partial charge in [0.1, 0.15) is 29.6 Å². The summed E-state index contributed by atoms with van der Waals surface area (Å²) in [7, 11) is 0.